The molecule has 0 bridgehead atoms. The summed E-state index contributed by atoms with van der Waals surface area (Å²) in [4.78, 5) is 21.3. The second-order valence-corrected chi connectivity index (χ2v) is 5.35. The van der Waals surface area contributed by atoms with Crippen molar-refractivity contribution in [2.75, 3.05) is 4.90 Å². The predicted octanol–water partition coefficient (Wildman–Crippen LogP) is 2.41. The Balaban J connectivity index is 1.81. The molecule has 0 amide bonds. The second kappa shape index (κ2) is 4.97. The minimum atomic E-state index is -0.998. The van der Waals surface area contributed by atoms with Crippen LogP contribution in [0.15, 0.2) is 29.2 Å². The standard InChI is InChI=1S/C13H13N3O2S/c17-12(18)10-5-14-13(15-6-10)16(11-1-2-11)7-9-3-4-19-8-9/h3-6,8,11H,1-2,7H2,(H,17,18). The molecule has 1 N–H and O–H groups in total. The van der Waals surface area contributed by atoms with E-state index in [1.807, 2.05) is 0 Å². The van der Waals surface area contributed by atoms with E-state index in [9.17, 15) is 4.79 Å². The van der Waals surface area contributed by atoms with Crippen molar-refractivity contribution in [2.45, 2.75) is 25.4 Å². The summed E-state index contributed by atoms with van der Waals surface area (Å²) in [5.41, 5.74) is 1.36. The molecule has 1 saturated carbocycles. The largest absolute Gasteiger partial charge is 0.478 e. The van der Waals surface area contributed by atoms with Crippen LogP contribution in [0.5, 0.6) is 0 Å². The van der Waals surface area contributed by atoms with Crippen molar-refractivity contribution in [3.05, 3.63) is 40.3 Å². The Morgan fingerprint density at radius 3 is 2.68 bits per heavy atom. The first-order chi connectivity index (χ1) is 9.24. The Morgan fingerprint density at radius 1 is 1.42 bits per heavy atom. The molecule has 0 saturated heterocycles. The maximum atomic E-state index is 10.8. The molecule has 1 aliphatic carbocycles. The highest BCUT2D eigenvalue weighted by atomic mass is 32.1. The number of aromatic carboxylic acids is 1. The van der Waals surface area contributed by atoms with Crippen LogP contribution >= 0.6 is 11.3 Å². The number of hydrogen-bond acceptors (Lipinski definition) is 5. The molecule has 5 nitrogen and oxygen atoms in total. The zero-order valence-electron chi connectivity index (χ0n) is 10.2. The van der Waals surface area contributed by atoms with Gasteiger partial charge in [0.15, 0.2) is 0 Å². The summed E-state index contributed by atoms with van der Waals surface area (Å²) in [7, 11) is 0. The molecule has 0 atom stereocenters. The smallest absolute Gasteiger partial charge is 0.338 e. The van der Waals surface area contributed by atoms with Crippen LogP contribution in [0.25, 0.3) is 0 Å². The Bertz CT molecular complexity index is 564. The molecule has 2 aromatic heterocycles. The van der Waals surface area contributed by atoms with E-state index in [2.05, 4.69) is 31.7 Å². The molecule has 3 rings (SSSR count). The fraction of sp³-hybridized carbons (Fsp3) is 0.308. The third kappa shape index (κ3) is 2.73. The summed E-state index contributed by atoms with van der Waals surface area (Å²) < 4.78 is 0. The van der Waals surface area contributed by atoms with E-state index in [-0.39, 0.29) is 5.56 Å². The van der Waals surface area contributed by atoms with E-state index in [4.69, 9.17) is 5.11 Å². The van der Waals surface area contributed by atoms with Gasteiger partial charge in [-0.25, -0.2) is 14.8 Å². The van der Waals surface area contributed by atoms with Crippen molar-refractivity contribution in [1.29, 1.82) is 0 Å². The molecular formula is C13H13N3O2S. The van der Waals surface area contributed by atoms with Crippen LogP contribution in [-0.2, 0) is 6.54 Å². The molecule has 0 aromatic carbocycles. The highest BCUT2D eigenvalue weighted by Crippen LogP contribution is 2.31. The molecule has 0 spiro atoms. The van der Waals surface area contributed by atoms with Gasteiger partial charge in [-0.2, -0.15) is 11.3 Å². The fourth-order valence-corrected chi connectivity index (χ4v) is 2.57. The molecule has 0 radical (unpaired) electrons. The van der Waals surface area contributed by atoms with Crippen molar-refractivity contribution in [1.82, 2.24) is 9.97 Å². The van der Waals surface area contributed by atoms with Gasteiger partial charge >= 0.3 is 5.97 Å². The summed E-state index contributed by atoms with van der Waals surface area (Å²) in [6.07, 6.45) is 5.03. The Kier molecular flexibility index (Phi) is 3.16. The number of carbonyl (C=O) groups is 1. The highest BCUT2D eigenvalue weighted by molar-refractivity contribution is 7.07. The molecule has 98 valence electrons. The summed E-state index contributed by atoms with van der Waals surface area (Å²) in [6, 6.07) is 2.57. The molecule has 2 heterocycles. The van der Waals surface area contributed by atoms with E-state index < -0.39 is 5.97 Å². The van der Waals surface area contributed by atoms with E-state index in [0.29, 0.717) is 12.0 Å². The predicted molar refractivity (Wildman–Crippen MR) is 72.5 cm³/mol. The van der Waals surface area contributed by atoms with Crippen LogP contribution < -0.4 is 4.90 Å². The fourth-order valence-electron chi connectivity index (χ4n) is 1.91. The number of rotatable bonds is 5. The van der Waals surface area contributed by atoms with Crippen LogP contribution in [-0.4, -0.2) is 27.1 Å². The monoisotopic (exact) mass is 275 g/mol. The second-order valence-electron chi connectivity index (χ2n) is 4.57. The first kappa shape index (κ1) is 12.1. The summed E-state index contributed by atoms with van der Waals surface area (Å²) in [5.74, 6) is -0.388. The molecule has 6 heteroatoms. The van der Waals surface area contributed by atoms with Gasteiger partial charge in [-0.1, -0.05) is 0 Å². The minimum Gasteiger partial charge on any atom is -0.478 e. The number of anilines is 1. The van der Waals surface area contributed by atoms with Gasteiger partial charge < -0.3 is 10.0 Å². The van der Waals surface area contributed by atoms with Crippen LogP contribution in [0.2, 0.25) is 0 Å². The zero-order chi connectivity index (χ0) is 13.2. The Morgan fingerprint density at radius 2 is 2.16 bits per heavy atom. The van der Waals surface area contributed by atoms with Crippen LogP contribution in [0.4, 0.5) is 5.95 Å². The lowest BCUT2D eigenvalue weighted by molar-refractivity contribution is 0.0696. The van der Waals surface area contributed by atoms with Crippen LogP contribution in [0.1, 0.15) is 28.8 Å². The van der Waals surface area contributed by atoms with Crippen LogP contribution in [0, 0.1) is 0 Å². The van der Waals surface area contributed by atoms with Crippen LogP contribution in [0.3, 0.4) is 0 Å². The molecule has 0 unspecified atom stereocenters. The number of nitrogens with zero attached hydrogens (tertiary/aromatic N) is 3. The maximum Gasteiger partial charge on any atom is 0.338 e. The van der Waals surface area contributed by atoms with Gasteiger partial charge in [-0.05, 0) is 35.2 Å². The van der Waals surface area contributed by atoms with Crippen molar-refractivity contribution in [2.24, 2.45) is 0 Å². The Hall–Kier alpha value is -1.95. The average Bonchev–Trinajstić information content (AvgIpc) is 3.13. The molecular weight excluding hydrogens is 262 g/mol. The molecule has 0 aliphatic heterocycles. The minimum absolute atomic E-state index is 0.120. The third-order valence-corrected chi connectivity index (χ3v) is 3.79. The molecule has 1 fully saturated rings. The zero-order valence-corrected chi connectivity index (χ0v) is 11.0. The Labute approximate surface area is 114 Å². The first-order valence-electron chi connectivity index (χ1n) is 6.07. The number of aromatic nitrogens is 2. The lowest BCUT2D eigenvalue weighted by Gasteiger charge is -2.21. The number of carboxylic acid groups (broad SMARTS) is 1. The van der Waals surface area contributed by atoms with Gasteiger partial charge in [0.05, 0.1) is 5.56 Å². The van der Waals surface area contributed by atoms with Gasteiger partial charge in [0.1, 0.15) is 0 Å². The SMILES string of the molecule is O=C(O)c1cnc(N(Cc2ccsc2)C2CC2)nc1. The molecule has 1 aliphatic rings. The summed E-state index contributed by atoms with van der Waals surface area (Å²) in [6.45, 7) is 0.778. The number of carboxylic acids is 1. The van der Waals surface area contributed by atoms with E-state index >= 15 is 0 Å². The third-order valence-electron chi connectivity index (χ3n) is 3.06. The molecule has 2 aromatic rings. The number of thiophene rings is 1. The van der Waals surface area contributed by atoms with E-state index in [1.165, 1.54) is 18.0 Å². The lowest BCUT2D eigenvalue weighted by atomic mass is 10.3. The normalized spacial score (nSPS) is 14.3. The maximum absolute atomic E-state index is 10.8. The van der Waals surface area contributed by atoms with Crippen molar-refractivity contribution in [3.8, 4) is 0 Å². The van der Waals surface area contributed by atoms with E-state index in [1.54, 1.807) is 11.3 Å². The lowest BCUT2D eigenvalue weighted by Crippen LogP contribution is -2.26. The average molecular weight is 275 g/mol. The van der Waals surface area contributed by atoms with Gasteiger partial charge in [0.25, 0.3) is 0 Å². The summed E-state index contributed by atoms with van der Waals surface area (Å²) in [5, 5.41) is 13.0. The van der Waals surface area contributed by atoms with Crippen molar-refractivity contribution >= 4 is 23.3 Å². The van der Waals surface area contributed by atoms with E-state index in [0.717, 1.165) is 19.4 Å². The van der Waals surface area contributed by atoms with Gasteiger partial charge in [0.2, 0.25) is 5.95 Å². The van der Waals surface area contributed by atoms with Gasteiger partial charge in [-0.3, -0.25) is 0 Å². The van der Waals surface area contributed by atoms with Crippen molar-refractivity contribution in [3.63, 3.8) is 0 Å². The first-order valence-corrected chi connectivity index (χ1v) is 7.01. The van der Waals surface area contributed by atoms with Gasteiger partial charge in [-0.15, -0.1) is 0 Å². The van der Waals surface area contributed by atoms with Gasteiger partial charge in [0, 0.05) is 25.0 Å². The van der Waals surface area contributed by atoms with Crippen molar-refractivity contribution < 1.29 is 9.90 Å². The topological polar surface area (TPSA) is 66.3 Å². The molecule has 19 heavy (non-hydrogen) atoms. The number of hydrogen-bond donors (Lipinski definition) is 1. The highest BCUT2D eigenvalue weighted by Gasteiger charge is 2.31. The summed E-state index contributed by atoms with van der Waals surface area (Å²) >= 11 is 1.67. The quantitative estimate of drug-likeness (QED) is 0.907.